The van der Waals surface area contributed by atoms with Gasteiger partial charge in [0, 0.05) is 24.1 Å². The number of rotatable bonds is 3. The molecule has 0 radical (unpaired) electrons. The molecule has 4 N–H and O–H groups in total. The van der Waals surface area contributed by atoms with Gasteiger partial charge in [0.1, 0.15) is 0 Å². The van der Waals surface area contributed by atoms with Crippen molar-refractivity contribution in [2.75, 3.05) is 5.32 Å². The number of hydrazone groups is 1. The Morgan fingerprint density at radius 3 is 2.67 bits per heavy atom. The predicted molar refractivity (Wildman–Crippen MR) is 82.4 cm³/mol. The Hall–Kier alpha value is -2.37. The molecule has 0 bridgehead atoms. The second-order valence-corrected chi connectivity index (χ2v) is 5.63. The molecule has 0 aromatic heterocycles. The fourth-order valence-electron chi connectivity index (χ4n) is 2.34. The molecule has 1 heterocycles. The number of carbonyl (C=O) groups excluding carboxylic acids is 1. The van der Waals surface area contributed by atoms with Crippen molar-refractivity contribution in [1.29, 1.82) is 5.41 Å². The van der Waals surface area contributed by atoms with E-state index in [1.165, 1.54) is 0 Å². The Labute approximate surface area is 123 Å². The summed E-state index contributed by atoms with van der Waals surface area (Å²) in [5.74, 6) is 0.414. The van der Waals surface area contributed by atoms with Crippen molar-refractivity contribution in [2.45, 2.75) is 32.2 Å². The molecule has 1 aromatic carbocycles. The van der Waals surface area contributed by atoms with Gasteiger partial charge in [-0.05, 0) is 30.5 Å². The molecule has 6 heteroatoms. The van der Waals surface area contributed by atoms with Gasteiger partial charge < -0.3 is 10.6 Å². The minimum atomic E-state index is -0.0378. The number of guanidine groups is 1. The van der Waals surface area contributed by atoms with Crippen LogP contribution in [0, 0.1) is 11.3 Å². The van der Waals surface area contributed by atoms with Gasteiger partial charge in [0.2, 0.25) is 5.91 Å². The molecule has 1 unspecified atom stereocenters. The number of nitrogens with one attached hydrogen (secondary N) is 4. The molecule has 1 saturated carbocycles. The Bertz CT molecular complexity index is 589. The predicted octanol–water partition coefficient (Wildman–Crippen LogP) is 1.65. The number of carbonyl (C=O) groups is 1. The van der Waals surface area contributed by atoms with Crippen LogP contribution < -0.4 is 16.1 Å². The van der Waals surface area contributed by atoms with Gasteiger partial charge in [-0.15, -0.1) is 0 Å². The number of nitrogens with zero attached hydrogens (tertiary/aromatic N) is 1. The summed E-state index contributed by atoms with van der Waals surface area (Å²) in [6.45, 7) is 2.00. The molecular formula is C15H19N5O. The van der Waals surface area contributed by atoms with E-state index in [1.807, 2.05) is 31.2 Å². The number of anilines is 1. The lowest BCUT2D eigenvalue weighted by atomic mass is 9.94. The highest BCUT2D eigenvalue weighted by Gasteiger charge is 2.22. The summed E-state index contributed by atoms with van der Waals surface area (Å²) >= 11 is 0. The van der Waals surface area contributed by atoms with Gasteiger partial charge in [0.25, 0.3) is 0 Å². The molecule has 1 aliphatic carbocycles. The first-order valence-corrected chi connectivity index (χ1v) is 7.21. The zero-order valence-corrected chi connectivity index (χ0v) is 11.9. The van der Waals surface area contributed by atoms with E-state index in [2.05, 4.69) is 21.2 Å². The molecule has 1 aliphatic heterocycles. The smallest absolute Gasteiger partial charge is 0.240 e. The van der Waals surface area contributed by atoms with Gasteiger partial charge in [-0.1, -0.05) is 19.1 Å². The van der Waals surface area contributed by atoms with Gasteiger partial charge in [-0.2, -0.15) is 5.10 Å². The van der Waals surface area contributed by atoms with Gasteiger partial charge >= 0.3 is 0 Å². The molecule has 1 aromatic rings. The van der Waals surface area contributed by atoms with E-state index in [-0.39, 0.29) is 11.8 Å². The highest BCUT2D eigenvalue weighted by atomic mass is 16.2. The van der Waals surface area contributed by atoms with E-state index >= 15 is 0 Å². The maximum atomic E-state index is 11.3. The summed E-state index contributed by atoms with van der Waals surface area (Å²) in [6.07, 6.45) is 2.76. The summed E-state index contributed by atoms with van der Waals surface area (Å²) in [5, 5.41) is 18.1. The Morgan fingerprint density at radius 2 is 2.05 bits per heavy atom. The molecule has 1 amide bonds. The summed E-state index contributed by atoms with van der Waals surface area (Å²) < 4.78 is 0. The number of hydrogen-bond acceptors (Lipinski definition) is 3. The van der Waals surface area contributed by atoms with E-state index in [9.17, 15) is 4.79 Å². The number of hydrogen-bond donors (Lipinski definition) is 4. The first-order chi connectivity index (χ1) is 10.1. The molecule has 1 atom stereocenters. The molecule has 1 fully saturated rings. The van der Waals surface area contributed by atoms with E-state index in [4.69, 9.17) is 5.41 Å². The van der Waals surface area contributed by atoms with Crippen LogP contribution in [0.5, 0.6) is 0 Å². The Morgan fingerprint density at radius 1 is 1.33 bits per heavy atom. The van der Waals surface area contributed by atoms with Crippen LogP contribution in [0.3, 0.4) is 0 Å². The minimum Gasteiger partial charge on any atom is -0.354 e. The van der Waals surface area contributed by atoms with Crippen LogP contribution in [0.25, 0.3) is 0 Å². The zero-order chi connectivity index (χ0) is 14.8. The first kappa shape index (κ1) is 13.6. The van der Waals surface area contributed by atoms with Crippen LogP contribution in [0.1, 0.15) is 31.7 Å². The Kier molecular flexibility index (Phi) is 3.60. The van der Waals surface area contributed by atoms with E-state index in [1.54, 1.807) is 0 Å². The van der Waals surface area contributed by atoms with Gasteiger partial charge in [-0.25, -0.2) is 5.43 Å². The summed E-state index contributed by atoms with van der Waals surface area (Å²) in [4.78, 5) is 11.3. The quantitative estimate of drug-likeness (QED) is 0.503. The van der Waals surface area contributed by atoms with E-state index in [0.717, 1.165) is 29.8 Å². The topological polar surface area (TPSA) is 89.4 Å². The lowest BCUT2D eigenvalue weighted by molar-refractivity contribution is -0.121. The van der Waals surface area contributed by atoms with Crippen LogP contribution in [0.4, 0.5) is 5.69 Å². The number of benzene rings is 1. The first-order valence-electron chi connectivity index (χ1n) is 7.21. The van der Waals surface area contributed by atoms with Crippen molar-refractivity contribution in [3.05, 3.63) is 29.8 Å². The van der Waals surface area contributed by atoms with E-state index in [0.29, 0.717) is 18.4 Å². The van der Waals surface area contributed by atoms with Gasteiger partial charge in [-0.3, -0.25) is 10.2 Å². The highest BCUT2D eigenvalue weighted by molar-refractivity contribution is 6.06. The van der Waals surface area contributed by atoms with Crippen LogP contribution in [0.2, 0.25) is 0 Å². The van der Waals surface area contributed by atoms with Crippen molar-refractivity contribution in [3.63, 3.8) is 0 Å². The minimum absolute atomic E-state index is 0.0378. The molecule has 0 spiro atoms. The molecule has 0 saturated heterocycles. The number of amides is 1. The summed E-state index contributed by atoms with van der Waals surface area (Å²) in [5.41, 5.74) is 5.28. The SMILES string of the molecule is CC1CC(=O)NN=C1c1ccc(NC(=N)NC2CC2)cc1. The fraction of sp³-hybridized carbons (Fsp3) is 0.400. The molecule has 21 heavy (non-hydrogen) atoms. The third-order valence-corrected chi connectivity index (χ3v) is 3.64. The van der Waals surface area contributed by atoms with Crippen LogP contribution in [-0.4, -0.2) is 23.6 Å². The van der Waals surface area contributed by atoms with Crippen LogP contribution in [0.15, 0.2) is 29.4 Å². The third kappa shape index (κ3) is 3.39. The third-order valence-electron chi connectivity index (χ3n) is 3.64. The maximum absolute atomic E-state index is 11.3. The average Bonchev–Trinajstić information content (AvgIpc) is 3.24. The molecule has 6 nitrogen and oxygen atoms in total. The molecule has 2 aliphatic rings. The average molecular weight is 285 g/mol. The van der Waals surface area contributed by atoms with Crippen LogP contribution in [-0.2, 0) is 4.79 Å². The van der Waals surface area contributed by atoms with Crippen molar-refractivity contribution in [1.82, 2.24) is 10.7 Å². The standard InChI is InChI=1S/C15H19N5O/c1-9-8-13(21)19-20-14(9)10-2-4-11(5-3-10)17-15(16)18-12-6-7-12/h2-5,9,12H,6-8H2,1H3,(H,19,21)(H3,16,17,18). The maximum Gasteiger partial charge on any atom is 0.240 e. The van der Waals surface area contributed by atoms with Crippen LogP contribution >= 0.6 is 0 Å². The Balaban J connectivity index is 1.66. The van der Waals surface area contributed by atoms with Crippen molar-refractivity contribution in [2.24, 2.45) is 11.0 Å². The summed E-state index contributed by atoms with van der Waals surface area (Å²) in [6, 6.07) is 8.22. The largest absolute Gasteiger partial charge is 0.354 e. The highest BCUT2D eigenvalue weighted by Crippen LogP contribution is 2.20. The molecule has 110 valence electrons. The lowest BCUT2D eigenvalue weighted by Crippen LogP contribution is -2.32. The van der Waals surface area contributed by atoms with Gasteiger partial charge in [0.15, 0.2) is 5.96 Å². The van der Waals surface area contributed by atoms with Crippen molar-refractivity contribution < 1.29 is 4.79 Å². The normalized spacial score (nSPS) is 21.3. The van der Waals surface area contributed by atoms with Crippen molar-refractivity contribution >= 4 is 23.3 Å². The second-order valence-electron chi connectivity index (χ2n) is 5.63. The monoisotopic (exact) mass is 285 g/mol. The van der Waals surface area contributed by atoms with Gasteiger partial charge in [0.05, 0.1) is 5.71 Å². The molecule has 3 rings (SSSR count). The summed E-state index contributed by atoms with van der Waals surface area (Å²) in [7, 11) is 0. The molecular weight excluding hydrogens is 266 g/mol. The lowest BCUT2D eigenvalue weighted by Gasteiger charge is -2.19. The van der Waals surface area contributed by atoms with Crippen molar-refractivity contribution in [3.8, 4) is 0 Å². The fourth-order valence-corrected chi connectivity index (χ4v) is 2.34. The second kappa shape index (κ2) is 5.55. The zero-order valence-electron chi connectivity index (χ0n) is 11.9. The van der Waals surface area contributed by atoms with E-state index < -0.39 is 0 Å².